The Morgan fingerprint density at radius 2 is 1.82 bits per heavy atom. The summed E-state index contributed by atoms with van der Waals surface area (Å²) in [5.41, 5.74) is 3.91. The summed E-state index contributed by atoms with van der Waals surface area (Å²) in [5, 5.41) is 0. The summed E-state index contributed by atoms with van der Waals surface area (Å²) in [7, 11) is -3.64. The minimum atomic E-state index is -3.64. The first-order chi connectivity index (χ1) is 13.5. The molecule has 0 aromatic heterocycles. The fourth-order valence-corrected chi connectivity index (χ4v) is 5.21. The van der Waals surface area contributed by atoms with Crippen molar-refractivity contribution in [3.05, 3.63) is 65.4 Å². The smallest absolute Gasteiger partial charge is 0.259 e. The molecule has 0 saturated carbocycles. The highest BCUT2D eigenvalue weighted by atomic mass is 32.2. The van der Waals surface area contributed by atoms with Crippen LogP contribution in [0.25, 0.3) is 0 Å². The standard InChI is InChI=1S/C24H29NO2S/c1-3-9-22-12-7-8-19-25(24(22)18-15-21-10-5-4-6-11-21)28(26,27)23-16-13-20(2)14-17-23/h3,10,13-14,16-17H,1,4-9,11-12,19H2,2H3. The quantitative estimate of drug-likeness (QED) is 0.498. The number of nitrogens with zero attached hydrogens (tertiary/aromatic N) is 1. The van der Waals surface area contributed by atoms with Crippen LogP contribution in [-0.2, 0) is 10.0 Å². The van der Waals surface area contributed by atoms with Gasteiger partial charge in [0.05, 0.1) is 4.90 Å². The lowest BCUT2D eigenvalue weighted by molar-refractivity contribution is 0.480. The summed E-state index contributed by atoms with van der Waals surface area (Å²) in [6, 6.07) is 7.07. The second kappa shape index (κ2) is 9.30. The maximum atomic E-state index is 13.4. The molecule has 3 nitrogen and oxygen atoms in total. The van der Waals surface area contributed by atoms with E-state index < -0.39 is 10.0 Å². The molecule has 4 heteroatoms. The van der Waals surface area contributed by atoms with Crippen LogP contribution < -0.4 is 0 Å². The number of sulfonamides is 1. The second-order valence-electron chi connectivity index (χ2n) is 7.52. The van der Waals surface area contributed by atoms with Gasteiger partial charge in [0.1, 0.15) is 5.70 Å². The van der Waals surface area contributed by atoms with E-state index in [4.69, 9.17) is 0 Å². The third-order valence-corrected chi connectivity index (χ3v) is 7.12. The number of hydrogen-bond acceptors (Lipinski definition) is 2. The Bertz CT molecular complexity index is 941. The fourth-order valence-electron chi connectivity index (χ4n) is 3.69. The Balaban J connectivity index is 2.06. The minimum absolute atomic E-state index is 0.328. The molecule has 3 rings (SSSR count). The number of aryl methyl sites for hydroxylation is 1. The van der Waals surface area contributed by atoms with Crippen LogP contribution in [0.4, 0.5) is 0 Å². The average Bonchev–Trinajstić information content (AvgIpc) is 2.90. The molecule has 1 aromatic rings. The molecular formula is C24H29NO2S. The summed E-state index contributed by atoms with van der Waals surface area (Å²) >= 11 is 0. The molecule has 1 aliphatic heterocycles. The van der Waals surface area contributed by atoms with Gasteiger partial charge in [-0.3, -0.25) is 4.31 Å². The molecule has 2 aliphatic rings. The van der Waals surface area contributed by atoms with Crippen LogP contribution in [0.3, 0.4) is 0 Å². The third-order valence-electron chi connectivity index (χ3n) is 5.31. The molecule has 1 aromatic carbocycles. The van der Waals surface area contributed by atoms with Crippen LogP contribution in [0.1, 0.15) is 56.9 Å². The molecule has 0 saturated heterocycles. The maximum absolute atomic E-state index is 13.4. The first-order valence-corrected chi connectivity index (χ1v) is 11.6. The molecule has 0 bridgehead atoms. The minimum Gasteiger partial charge on any atom is -0.259 e. The molecule has 0 radical (unpaired) electrons. The van der Waals surface area contributed by atoms with Crippen molar-refractivity contribution in [2.24, 2.45) is 0 Å². The number of benzene rings is 1. The normalized spacial score (nSPS) is 18.0. The highest BCUT2D eigenvalue weighted by Crippen LogP contribution is 2.30. The van der Waals surface area contributed by atoms with Crippen molar-refractivity contribution in [2.45, 2.75) is 63.2 Å². The SMILES string of the molecule is C=CCC1=C(C#CC2=CCCCC2)N(S(=O)(=O)c2ccc(C)cc2)CCCC1. The maximum Gasteiger partial charge on any atom is 0.264 e. The lowest BCUT2D eigenvalue weighted by Crippen LogP contribution is -2.31. The molecule has 28 heavy (non-hydrogen) atoms. The fraction of sp³-hybridized carbons (Fsp3) is 0.417. The van der Waals surface area contributed by atoms with Gasteiger partial charge in [0, 0.05) is 6.54 Å². The van der Waals surface area contributed by atoms with Gasteiger partial charge < -0.3 is 0 Å². The Hall–Kier alpha value is -2.25. The molecule has 0 fully saturated rings. The molecule has 0 amide bonds. The summed E-state index contributed by atoms with van der Waals surface area (Å²) in [6.07, 6.45) is 11.8. The van der Waals surface area contributed by atoms with E-state index in [1.807, 2.05) is 25.1 Å². The summed E-state index contributed by atoms with van der Waals surface area (Å²) < 4.78 is 28.4. The molecular weight excluding hydrogens is 366 g/mol. The van der Waals surface area contributed by atoms with Gasteiger partial charge in [0.15, 0.2) is 0 Å². The predicted octanol–water partition coefficient (Wildman–Crippen LogP) is 5.50. The van der Waals surface area contributed by atoms with Crippen LogP contribution in [0, 0.1) is 18.8 Å². The molecule has 1 heterocycles. The van der Waals surface area contributed by atoms with Crippen molar-refractivity contribution >= 4 is 10.0 Å². The summed E-state index contributed by atoms with van der Waals surface area (Å²) in [4.78, 5) is 0.328. The molecule has 0 unspecified atom stereocenters. The van der Waals surface area contributed by atoms with Crippen LogP contribution in [0.5, 0.6) is 0 Å². The highest BCUT2D eigenvalue weighted by molar-refractivity contribution is 7.89. The van der Waals surface area contributed by atoms with Crippen molar-refractivity contribution in [2.75, 3.05) is 6.54 Å². The first-order valence-electron chi connectivity index (χ1n) is 10.2. The largest absolute Gasteiger partial charge is 0.264 e. The monoisotopic (exact) mass is 395 g/mol. The van der Waals surface area contributed by atoms with Gasteiger partial charge in [-0.15, -0.1) is 6.58 Å². The number of rotatable bonds is 4. The van der Waals surface area contributed by atoms with Gasteiger partial charge in [-0.1, -0.05) is 35.8 Å². The Labute approximate surface area is 169 Å². The Kier molecular flexibility index (Phi) is 6.80. The first kappa shape index (κ1) is 20.5. The molecule has 0 atom stereocenters. The topological polar surface area (TPSA) is 37.4 Å². The van der Waals surface area contributed by atoms with E-state index in [-0.39, 0.29) is 0 Å². The lowest BCUT2D eigenvalue weighted by atomic mass is 9.99. The summed E-state index contributed by atoms with van der Waals surface area (Å²) in [6.45, 7) is 6.29. The number of hydrogen-bond donors (Lipinski definition) is 0. The van der Waals surface area contributed by atoms with Gasteiger partial charge in [-0.05, 0) is 87.5 Å². The summed E-state index contributed by atoms with van der Waals surface area (Å²) in [5.74, 6) is 6.55. The van der Waals surface area contributed by atoms with Gasteiger partial charge in [-0.2, -0.15) is 0 Å². The van der Waals surface area contributed by atoms with Crippen molar-refractivity contribution in [1.82, 2.24) is 4.31 Å². The van der Waals surface area contributed by atoms with Crippen molar-refractivity contribution < 1.29 is 8.42 Å². The van der Waals surface area contributed by atoms with Gasteiger partial charge in [-0.25, -0.2) is 8.42 Å². The van der Waals surface area contributed by atoms with E-state index in [0.29, 0.717) is 23.6 Å². The second-order valence-corrected chi connectivity index (χ2v) is 9.38. The van der Waals surface area contributed by atoms with E-state index in [2.05, 4.69) is 24.5 Å². The Morgan fingerprint density at radius 3 is 2.50 bits per heavy atom. The third kappa shape index (κ3) is 4.77. The number of allylic oxidation sites excluding steroid dienone is 5. The van der Waals surface area contributed by atoms with Crippen molar-refractivity contribution in [1.29, 1.82) is 0 Å². The average molecular weight is 396 g/mol. The van der Waals surface area contributed by atoms with Gasteiger partial charge in [0.25, 0.3) is 10.0 Å². The Morgan fingerprint density at radius 1 is 1.07 bits per heavy atom. The lowest BCUT2D eigenvalue weighted by Gasteiger charge is -2.24. The zero-order valence-electron chi connectivity index (χ0n) is 16.7. The van der Waals surface area contributed by atoms with E-state index in [1.54, 1.807) is 16.4 Å². The van der Waals surface area contributed by atoms with E-state index in [0.717, 1.165) is 55.2 Å². The van der Waals surface area contributed by atoms with E-state index >= 15 is 0 Å². The van der Waals surface area contributed by atoms with Crippen LogP contribution in [-0.4, -0.2) is 19.3 Å². The zero-order valence-corrected chi connectivity index (χ0v) is 17.5. The van der Waals surface area contributed by atoms with Crippen LogP contribution >= 0.6 is 0 Å². The predicted molar refractivity (Wildman–Crippen MR) is 115 cm³/mol. The molecule has 0 spiro atoms. The van der Waals surface area contributed by atoms with Crippen molar-refractivity contribution in [3.63, 3.8) is 0 Å². The van der Waals surface area contributed by atoms with Crippen LogP contribution in [0.15, 0.2) is 64.7 Å². The van der Waals surface area contributed by atoms with Crippen LogP contribution in [0.2, 0.25) is 0 Å². The zero-order chi connectivity index (χ0) is 20.0. The molecule has 148 valence electrons. The molecule has 0 N–H and O–H groups in total. The molecule has 1 aliphatic carbocycles. The van der Waals surface area contributed by atoms with E-state index in [1.165, 1.54) is 6.42 Å². The van der Waals surface area contributed by atoms with Crippen molar-refractivity contribution in [3.8, 4) is 11.8 Å². The van der Waals surface area contributed by atoms with Gasteiger partial charge >= 0.3 is 0 Å². The van der Waals surface area contributed by atoms with E-state index in [9.17, 15) is 8.42 Å². The highest BCUT2D eigenvalue weighted by Gasteiger charge is 2.29. The van der Waals surface area contributed by atoms with Gasteiger partial charge in [0.2, 0.25) is 0 Å².